The van der Waals surface area contributed by atoms with Gasteiger partial charge in [0.25, 0.3) is 0 Å². The molecule has 0 radical (unpaired) electrons. The fourth-order valence-corrected chi connectivity index (χ4v) is 1.87. The van der Waals surface area contributed by atoms with Gasteiger partial charge < -0.3 is 15.7 Å². The van der Waals surface area contributed by atoms with Gasteiger partial charge in [0, 0.05) is 18.5 Å². The lowest BCUT2D eigenvalue weighted by Gasteiger charge is -2.26. The molecule has 0 aromatic rings. The minimum absolute atomic E-state index is 0.0566. The molecule has 1 aliphatic rings. The van der Waals surface area contributed by atoms with Crippen LogP contribution in [0.1, 0.15) is 26.7 Å². The monoisotopic (exact) mass is 200 g/mol. The molecule has 0 bridgehead atoms. The molecule has 5 nitrogen and oxygen atoms in total. The molecular weight excluding hydrogens is 184 g/mol. The minimum atomic E-state index is -1.02. The Morgan fingerprint density at radius 1 is 1.71 bits per heavy atom. The Bertz CT molecular complexity index is 250. The number of carbonyl (C=O) groups excluding carboxylic acids is 1. The molecule has 0 saturated carbocycles. The molecule has 80 valence electrons. The largest absolute Gasteiger partial charge is 0.465 e. The van der Waals surface area contributed by atoms with Crippen molar-refractivity contribution in [3.05, 3.63) is 0 Å². The third-order valence-electron chi connectivity index (χ3n) is 2.31. The zero-order chi connectivity index (χ0) is 10.8. The van der Waals surface area contributed by atoms with E-state index in [2.05, 4.69) is 10.6 Å². The van der Waals surface area contributed by atoms with Crippen LogP contribution >= 0.6 is 0 Å². The molecule has 1 rings (SSSR count). The number of hydrogen-bond donors (Lipinski definition) is 3. The average Bonchev–Trinajstić information content (AvgIpc) is 2.30. The number of nitrogens with one attached hydrogen (secondary N) is 2. The molecule has 14 heavy (non-hydrogen) atoms. The maximum atomic E-state index is 10.9. The van der Waals surface area contributed by atoms with Gasteiger partial charge in [-0.3, -0.25) is 4.79 Å². The molecular formula is C9H16N2O3. The number of carboxylic acid groups (broad SMARTS) is 1. The summed E-state index contributed by atoms with van der Waals surface area (Å²) in [5.74, 6) is 0.297. The Labute approximate surface area is 82.9 Å². The van der Waals surface area contributed by atoms with Crippen molar-refractivity contribution in [1.29, 1.82) is 0 Å². The summed E-state index contributed by atoms with van der Waals surface area (Å²) in [5.41, 5.74) is -0.469. The van der Waals surface area contributed by atoms with Crippen LogP contribution in [0.5, 0.6) is 0 Å². The van der Waals surface area contributed by atoms with E-state index < -0.39 is 11.6 Å². The van der Waals surface area contributed by atoms with Crippen LogP contribution < -0.4 is 10.6 Å². The molecule has 1 atom stereocenters. The van der Waals surface area contributed by atoms with Crippen molar-refractivity contribution in [2.45, 2.75) is 32.2 Å². The fourth-order valence-electron chi connectivity index (χ4n) is 1.87. The molecule has 1 fully saturated rings. The normalized spacial score (nSPS) is 21.9. The van der Waals surface area contributed by atoms with E-state index in [1.807, 2.05) is 13.8 Å². The number of hydrogen-bond acceptors (Lipinski definition) is 2. The van der Waals surface area contributed by atoms with Crippen molar-refractivity contribution >= 4 is 12.0 Å². The van der Waals surface area contributed by atoms with Crippen molar-refractivity contribution in [3.8, 4) is 0 Å². The third kappa shape index (κ3) is 3.24. The Hall–Kier alpha value is -1.26. The van der Waals surface area contributed by atoms with E-state index in [4.69, 9.17) is 5.11 Å². The summed E-state index contributed by atoms with van der Waals surface area (Å²) in [5, 5.41) is 13.8. The quantitative estimate of drug-likeness (QED) is 0.622. The van der Waals surface area contributed by atoms with Crippen LogP contribution in [0.4, 0.5) is 4.79 Å². The van der Waals surface area contributed by atoms with Gasteiger partial charge in [-0.1, -0.05) is 0 Å². The zero-order valence-corrected chi connectivity index (χ0v) is 8.46. The molecule has 1 heterocycles. The van der Waals surface area contributed by atoms with Gasteiger partial charge in [0.1, 0.15) is 0 Å². The molecule has 0 aromatic carbocycles. The van der Waals surface area contributed by atoms with Crippen LogP contribution in [-0.2, 0) is 4.79 Å². The molecule has 3 N–H and O–H groups in total. The first-order chi connectivity index (χ1) is 6.39. The molecule has 1 saturated heterocycles. The predicted octanol–water partition coefficient (Wildman–Crippen LogP) is 0.559. The Balaban J connectivity index is 2.42. The van der Waals surface area contributed by atoms with E-state index >= 15 is 0 Å². The van der Waals surface area contributed by atoms with Gasteiger partial charge >= 0.3 is 6.09 Å². The molecule has 2 amide bonds. The maximum Gasteiger partial charge on any atom is 0.405 e. The number of amides is 2. The first-order valence-electron chi connectivity index (χ1n) is 4.67. The average molecular weight is 200 g/mol. The summed E-state index contributed by atoms with van der Waals surface area (Å²) >= 11 is 0. The zero-order valence-electron chi connectivity index (χ0n) is 8.46. The van der Waals surface area contributed by atoms with Crippen molar-refractivity contribution in [2.75, 3.05) is 6.54 Å². The highest BCUT2D eigenvalue weighted by molar-refractivity contribution is 5.78. The van der Waals surface area contributed by atoms with Gasteiger partial charge in [0.2, 0.25) is 5.91 Å². The van der Waals surface area contributed by atoms with Crippen molar-refractivity contribution in [2.24, 2.45) is 5.92 Å². The van der Waals surface area contributed by atoms with Crippen molar-refractivity contribution in [3.63, 3.8) is 0 Å². The topological polar surface area (TPSA) is 78.4 Å². The van der Waals surface area contributed by atoms with E-state index in [1.54, 1.807) is 0 Å². The smallest absolute Gasteiger partial charge is 0.405 e. The van der Waals surface area contributed by atoms with Crippen LogP contribution in [0.3, 0.4) is 0 Å². The summed E-state index contributed by atoms with van der Waals surface area (Å²) < 4.78 is 0. The van der Waals surface area contributed by atoms with Gasteiger partial charge in [0.05, 0.1) is 0 Å². The Kier molecular flexibility index (Phi) is 2.98. The molecule has 0 unspecified atom stereocenters. The lowest BCUT2D eigenvalue weighted by Crippen LogP contribution is -2.44. The van der Waals surface area contributed by atoms with Gasteiger partial charge in [-0.05, 0) is 26.2 Å². The first kappa shape index (κ1) is 10.8. The lowest BCUT2D eigenvalue weighted by atomic mass is 9.90. The minimum Gasteiger partial charge on any atom is -0.465 e. The summed E-state index contributed by atoms with van der Waals surface area (Å²) in [6.07, 6.45) is 0.162. The highest BCUT2D eigenvalue weighted by Crippen LogP contribution is 2.21. The SMILES string of the molecule is CC(C)(C[C@H]1CNC(=O)C1)NC(=O)O. The van der Waals surface area contributed by atoms with E-state index in [-0.39, 0.29) is 11.8 Å². The predicted molar refractivity (Wildman–Crippen MR) is 51.0 cm³/mol. The van der Waals surface area contributed by atoms with Gasteiger partial charge in [0.15, 0.2) is 0 Å². The Morgan fingerprint density at radius 3 is 2.79 bits per heavy atom. The van der Waals surface area contributed by atoms with Crippen LogP contribution in [-0.4, -0.2) is 29.2 Å². The van der Waals surface area contributed by atoms with Gasteiger partial charge in [-0.25, -0.2) is 4.79 Å². The summed E-state index contributed by atoms with van der Waals surface area (Å²) in [4.78, 5) is 21.4. The second-order valence-corrected chi connectivity index (χ2v) is 4.39. The van der Waals surface area contributed by atoms with E-state index in [0.29, 0.717) is 19.4 Å². The fraction of sp³-hybridized carbons (Fsp3) is 0.778. The van der Waals surface area contributed by atoms with E-state index in [0.717, 1.165) is 0 Å². The maximum absolute atomic E-state index is 10.9. The Morgan fingerprint density at radius 2 is 2.36 bits per heavy atom. The molecule has 0 aromatic heterocycles. The van der Waals surface area contributed by atoms with E-state index in [9.17, 15) is 9.59 Å². The molecule has 0 aliphatic carbocycles. The third-order valence-corrected chi connectivity index (χ3v) is 2.31. The lowest BCUT2D eigenvalue weighted by molar-refractivity contribution is -0.119. The number of carbonyl (C=O) groups is 2. The van der Waals surface area contributed by atoms with Crippen LogP contribution in [0.2, 0.25) is 0 Å². The van der Waals surface area contributed by atoms with E-state index in [1.165, 1.54) is 0 Å². The van der Waals surface area contributed by atoms with Crippen LogP contribution in [0, 0.1) is 5.92 Å². The standard InChI is InChI=1S/C9H16N2O3/c1-9(2,11-8(13)14)4-6-3-7(12)10-5-6/h6,11H,3-5H2,1-2H3,(H,10,12)(H,13,14)/t6-/m0/s1. The highest BCUT2D eigenvalue weighted by atomic mass is 16.4. The van der Waals surface area contributed by atoms with Crippen LogP contribution in [0.15, 0.2) is 0 Å². The number of rotatable bonds is 3. The van der Waals surface area contributed by atoms with Gasteiger partial charge in [-0.2, -0.15) is 0 Å². The molecule has 1 aliphatic heterocycles. The molecule has 5 heteroatoms. The van der Waals surface area contributed by atoms with Crippen LogP contribution in [0.25, 0.3) is 0 Å². The first-order valence-corrected chi connectivity index (χ1v) is 4.67. The van der Waals surface area contributed by atoms with Gasteiger partial charge in [-0.15, -0.1) is 0 Å². The highest BCUT2D eigenvalue weighted by Gasteiger charge is 2.29. The summed E-state index contributed by atoms with van der Waals surface area (Å²) in [6, 6.07) is 0. The summed E-state index contributed by atoms with van der Waals surface area (Å²) in [6.45, 7) is 4.30. The second kappa shape index (κ2) is 3.86. The van der Waals surface area contributed by atoms with Crippen molar-refractivity contribution in [1.82, 2.24) is 10.6 Å². The summed E-state index contributed by atoms with van der Waals surface area (Å²) in [7, 11) is 0. The molecule has 0 spiro atoms. The second-order valence-electron chi connectivity index (χ2n) is 4.39. The van der Waals surface area contributed by atoms with Crippen molar-refractivity contribution < 1.29 is 14.7 Å².